The van der Waals surface area contributed by atoms with Crippen molar-refractivity contribution in [3.63, 3.8) is 0 Å². The third-order valence-corrected chi connectivity index (χ3v) is 4.94. The number of guanidine groups is 1. The van der Waals surface area contributed by atoms with Gasteiger partial charge >= 0.3 is 0 Å². The maximum absolute atomic E-state index is 5.76. The molecule has 132 valence electrons. The summed E-state index contributed by atoms with van der Waals surface area (Å²) in [6, 6.07) is 8.37. The zero-order chi connectivity index (χ0) is 16.8. The Morgan fingerprint density at radius 1 is 1.38 bits per heavy atom. The van der Waals surface area contributed by atoms with Crippen LogP contribution < -0.4 is 10.1 Å². The predicted molar refractivity (Wildman–Crippen MR) is 96.8 cm³/mol. The number of nitrogens with one attached hydrogen (secondary N) is 1. The molecule has 2 aliphatic rings. The van der Waals surface area contributed by atoms with Crippen LogP contribution in [-0.2, 0) is 4.74 Å². The fourth-order valence-corrected chi connectivity index (χ4v) is 3.62. The molecule has 24 heavy (non-hydrogen) atoms. The number of aliphatic imine (C=N–C) groups is 1. The van der Waals surface area contributed by atoms with Crippen LogP contribution in [0.25, 0.3) is 0 Å². The number of fused-ring (bicyclic) bond motifs is 1. The van der Waals surface area contributed by atoms with E-state index in [-0.39, 0.29) is 0 Å². The summed E-state index contributed by atoms with van der Waals surface area (Å²) >= 11 is 0. The molecule has 5 heteroatoms. The van der Waals surface area contributed by atoms with Gasteiger partial charge in [-0.15, -0.1) is 0 Å². The minimum Gasteiger partial charge on any atom is -0.493 e. The molecule has 0 saturated carbocycles. The average molecular weight is 331 g/mol. The van der Waals surface area contributed by atoms with E-state index in [1.54, 1.807) is 0 Å². The SMILES string of the molecule is CCOCC1CCN(C(=NC)NCC2CCOc3ccccc32)C1. The molecule has 0 aromatic heterocycles. The second-order valence-electron chi connectivity index (χ2n) is 6.56. The molecular formula is C19H29N3O2. The highest BCUT2D eigenvalue weighted by molar-refractivity contribution is 5.80. The standard InChI is InChI=1S/C19H29N3O2/c1-3-23-14-15-8-10-22(13-15)19(20-2)21-12-16-9-11-24-18-7-5-4-6-17(16)18/h4-7,15-16H,3,8-14H2,1-2H3,(H,20,21). The maximum atomic E-state index is 5.76. The van der Waals surface area contributed by atoms with Crippen molar-refractivity contribution in [3.05, 3.63) is 29.8 Å². The molecule has 0 radical (unpaired) electrons. The second-order valence-corrected chi connectivity index (χ2v) is 6.56. The summed E-state index contributed by atoms with van der Waals surface area (Å²) in [7, 11) is 1.87. The zero-order valence-corrected chi connectivity index (χ0v) is 14.8. The van der Waals surface area contributed by atoms with Gasteiger partial charge in [0.2, 0.25) is 0 Å². The molecular weight excluding hydrogens is 302 g/mol. The van der Waals surface area contributed by atoms with E-state index in [0.717, 1.165) is 57.6 Å². The Kier molecular flexibility index (Phi) is 5.96. The fourth-order valence-electron chi connectivity index (χ4n) is 3.62. The normalized spacial score (nSPS) is 23.8. The van der Waals surface area contributed by atoms with E-state index in [1.165, 1.54) is 12.0 Å². The summed E-state index contributed by atoms with van der Waals surface area (Å²) < 4.78 is 11.3. The zero-order valence-electron chi connectivity index (χ0n) is 14.8. The van der Waals surface area contributed by atoms with E-state index in [2.05, 4.69) is 40.3 Å². The minimum atomic E-state index is 0.480. The van der Waals surface area contributed by atoms with Gasteiger partial charge in [0.05, 0.1) is 13.2 Å². The van der Waals surface area contributed by atoms with Gasteiger partial charge in [0, 0.05) is 45.1 Å². The van der Waals surface area contributed by atoms with Gasteiger partial charge in [0.15, 0.2) is 5.96 Å². The van der Waals surface area contributed by atoms with Crippen molar-refractivity contribution < 1.29 is 9.47 Å². The molecule has 1 fully saturated rings. The first kappa shape index (κ1) is 17.1. The molecule has 0 amide bonds. The summed E-state index contributed by atoms with van der Waals surface area (Å²) in [4.78, 5) is 6.84. The molecule has 2 heterocycles. The molecule has 2 unspecified atom stereocenters. The smallest absolute Gasteiger partial charge is 0.193 e. The Balaban J connectivity index is 1.54. The van der Waals surface area contributed by atoms with Crippen molar-refractivity contribution in [1.82, 2.24) is 10.2 Å². The van der Waals surface area contributed by atoms with Gasteiger partial charge in [-0.1, -0.05) is 18.2 Å². The van der Waals surface area contributed by atoms with Gasteiger partial charge in [-0.05, 0) is 31.4 Å². The molecule has 1 N–H and O–H groups in total. The Bertz CT molecular complexity index is 561. The molecule has 0 spiro atoms. The van der Waals surface area contributed by atoms with Gasteiger partial charge in [0.25, 0.3) is 0 Å². The molecule has 1 saturated heterocycles. The molecule has 0 bridgehead atoms. The quantitative estimate of drug-likeness (QED) is 0.665. The topological polar surface area (TPSA) is 46.1 Å². The van der Waals surface area contributed by atoms with Crippen molar-refractivity contribution in [3.8, 4) is 5.75 Å². The van der Waals surface area contributed by atoms with Crippen LogP contribution in [0.5, 0.6) is 5.75 Å². The molecule has 1 aromatic rings. The van der Waals surface area contributed by atoms with E-state index in [9.17, 15) is 0 Å². The third kappa shape index (κ3) is 4.01. The van der Waals surface area contributed by atoms with Crippen molar-refractivity contribution in [1.29, 1.82) is 0 Å². The predicted octanol–water partition coefficient (Wildman–Crippen LogP) is 2.49. The Morgan fingerprint density at radius 2 is 2.25 bits per heavy atom. The van der Waals surface area contributed by atoms with Crippen LogP contribution in [0.1, 0.15) is 31.2 Å². The van der Waals surface area contributed by atoms with Crippen molar-refractivity contribution in [2.24, 2.45) is 10.9 Å². The van der Waals surface area contributed by atoms with Crippen LogP contribution in [-0.4, -0.2) is 57.4 Å². The highest BCUT2D eigenvalue weighted by Crippen LogP contribution is 2.32. The van der Waals surface area contributed by atoms with E-state index in [4.69, 9.17) is 9.47 Å². The first-order chi connectivity index (χ1) is 11.8. The second kappa shape index (κ2) is 8.38. The number of benzene rings is 1. The van der Waals surface area contributed by atoms with Crippen molar-refractivity contribution in [2.45, 2.75) is 25.7 Å². The van der Waals surface area contributed by atoms with Crippen molar-refractivity contribution in [2.75, 3.05) is 46.5 Å². The summed E-state index contributed by atoms with van der Waals surface area (Å²) in [5.74, 6) is 3.14. The number of rotatable bonds is 5. The number of hydrogen-bond donors (Lipinski definition) is 1. The highest BCUT2D eigenvalue weighted by Gasteiger charge is 2.26. The van der Waals surface area contributed by atoms with Crippen LogP contribution in [0.4, 0.5) is 0 Å². The van der Waals surface area contributed by atoms with E-state index < -0.39 is 0 Å². The van der Waals surface area contributed by atoms with Crippen molar-refractivity contribution >= 4 is 5.96 Å². The molecule has 3 rings (SSSR count). The molecule has 2 atom stereocenters. The summed E-state index contributed by atoms with van der Waals surface area (Å²) in [6.45, 7) is 7.50. The lowest BCUT2D eigenvalue weighted by Gasteiger charge is -2.28. The van der Waals surface area contributed by atoms with Gasteiger partial charge in [-0.2, -0.15) is 0 Å². The van der Waals surface area contributed by atoms with Crippen LogP contribution in [0.2, 0.25) is 0 Å². The summed E-state index contributed by atoms with van der Waals surface area (Å²) in [5.41, 5.74) is 1.31. The monoisotopic (exact) mass is 331 g/mol. The fraction of sp³-hybridized carbons (Fsp3) is 0.632. The first-order valence-corrected chi connectivity index (χ1v) is 9.06. The highest BCUT2D eigenvalue weighted by atomic mass is 16.5. The lowest BCUT2D eigenvalue weighted by Crippen LogP contribution is -2.42. The molecule has 5 nitrogen and oxygen atoms in total. The van der Waals surface area contributed by atoms with Crippen LogP contribution in [0.3, 0.4) is 0 Å². The largest absolute Gasteiger partial charge is 0.493 e. The van der Waals surface area contributed by atoms with E-state index >= 15 is 0 Å². The van der Waals surface area contributed by atoms with Crippen LogP contribution in [0.15, 0.2) is 29.3 Å². The summed E-state index contributed by atoms with van der Waals surface area (Å²) in [6.07, 6.45) is 2.23. The average Bonchev–Trinajstić information content (AvgIpc) is 3.09. The Labute approximate surface area is 145 Å². The lowest BCUT2D eigenvalue weighted by molar-refractivity contribution is 0.114. The number of ether oxygens (including phenoxy) is 2. The first-order valence-electron chi connectivity index (χ1n) is 9.06. The van der Waals surface area contributed by atoms with Gasteiger partial charge in [-0.25, -0.2) is 0 Å². The van der Waals surface area contributed by atoms with Gasteiger partial charge < -0.3 is 19.7 Å². The molecule has 2 aliphatic heterocycles. The molecule has 1 aromatic carbocycles. The Morgan fingerprint density at radius 3 is 3.08 bits per heavy atom. The number of hydrogen-bond acceptors (Lipinski definition) is 3. The number of nitrogens with zero attached hydrogens (tertiary/aromatic N) is 2. The molecule has 0 aliphatic carbocycles. The van der Waals surface area contributed by atoms with Gasteiger partial charge in [0.1, 0.15) is 5.75 Å². The minimum absolute atomic E-state index is 0.480. The lowest BCUT2D eigenvalue weighted by atomic mass is 9.93. The maximum Gasteiger partial charge on any atom is 0.193 e. The Hall–Kier alpha value is -1.75. The van der Waals surface area contributed by atoms with Gasteiger partial charge in [-0.3, -0.25) is 4.99 Å². The van der Waals surface area contributed by atoms with Crippen LogP contribution in [0, 0.1) is 5.92 Å². The summed E-state index contributed by atoms with van der Waals surface area (Å²) in [5, 5.41) is 3.58. The number of likely N-dealkylation sites (tertiary alicyclic amines) is 1. The third-order valence-electron chi connectivity index (χ3n) is 4.94. The van der Waals surface area contributed by atoms with Crippen LogP contribution >= 0.6 is 0 Å². The number of para-hydroxylation sites is 1. The van der Waals surface area contributed by atoms with E-state index in [1.807, 2.05) is 13.1 Å². The van der Waals surface area contributed by atoms with E-state index in [0.29, 0.717) is 11.8 Å².